The van der Waals surface area contributed by atoms with E-state index in [4.69, 9.17) is 9.47 Å². The zero-order valence-electron chi connectivity index (χ0n) is 21.3. The van der Waals surface area contributed by atoms with Crippen LogP contribution < -0.4 is 20.7 Å². The monoisotopic (exact) mass is 480 g/mol. The van der Waals surface area contributed by atoms with E-state index < -0.39 is 7.92 Å². The van der Waals surface area contributed by atoms with Gasteiger partial charge in [0, 0.05) is 18.0 Å². The fraction of sp³-hybridized carbons (Fsp3) is 0.250. The Labute approximate surface area is 210 Å². The lowest BCUT2D eigenvalue weighted by atomic mass is 9.85. The van der Waals surface area contributed by atoms with Crippen molar-refractivity contribution < 1.29 is 9.47 Å². The summed E-state index contributed by atoms with van der Waals surface area (Å²) < 4.78 is 11.8. The van der Waals surface area contributed by atoms with Gasteiger partial charge in [0.2, 0.25) is 0 Å². The summed E-state index contributed by atoms with van der Waals surface area (Å²) in [4.78, 5) is 0. The largest absolute Gasteiger partial charge is 0.467 e. The van der Waals surface area contributed by atoms with Gasteiger partial charge >= 0.3 is 0 Å². The van der Waals surface area contributed by atoms with E-state index in [1.54, 1.807) is 7.11 Å². The lowest BCUT2D eigenvalue weighted by Crippen LogP contribution is -2.27. The third kappa shape index (κ3) is 4.54. The van der Waals surface area contributed by atoms with Gasteiger partial charge in [-0.2, -0.15) is 0 Å². The van der Waals surface area contributed by atoms with E-state index in [1.807, 2.05) is 0 Å². The number of methoxy groups -OCH3 is 1. The number of hydrogen-bond donors (Lipinski definition) is 0. The fourth-order valence-electron chi connectivity index (χ4n) is 5.08. The molecule has 0 amide bonds. The fourth-order valence-corrected chi connectivity index (χ4v) is 7.79. The maximum Gasteiger partial charge on any atom is 0.188 e. The highest BCUT2D eigenvalue weighted by atomic mass is 31.1. The van der Waals surface area contributed by atoms with Crippen LogP contribution in [0.3, 0.4) is 0 Å². The third-order valence-electron chi connectivity index (χ3n) is 6.67. The topological polar surface area (TPSA) is 18.5 Å². The lowest BCUT2D eigenvalue weighted by Gasteiger charge is -2.30. The highest BCUT2D eigenvalue weighted by Gasteiger charge is 2.31. The van der Waals surface area contributed by atoms with Gasteiger partial charge in [0.15, 0.2) is 6.79 Å². The Morgan fingerprint density at radius 3 is 2.26 bits per heavy atom. The highest BCUT2D eigenvalue weighted by molar-refractivity contribution is 7.80. The minimum Gasteiger partial charge on any atom is -0.467 e. The summed E-state index contributed by atoms with van der Waals surface area (Å²) in [5.41, 5.74) is 8.01. The Kier molecular flexibility index (Phi) is 6.53. The Morgan fingerprint density at radius 1 is 0.800 bits per heavy atom. The first-order valence-electron chi connectivity index (χ1n) is 12.2. The van der Waals surface area contributed by atoms with E-state index >= 15 is 0 Å². The Balaban J connectivity index is 1.79. The quantitative estimate of drug-likeness (QED) is 0.201. The van der Waals surface area contributed by atoms with Gasteiger partial charge in [-0.25, -0.2) is 0 Å². The molecule has 1 aliphatic carbocycles. The van der Waals surface area contributed by atoms with Gasteiger partial charge in [-0.05, 0) is 71.2 Å². The average Bonchev–Trinajstić information content (AvgIpc) is 3.23. The molecule has 5 rings (SSSR count). The molecule has 1 atom stereocenters. The van der Waals surface area contributed by atoms with Crippen LogP contribution in [0.1, 0.15) is 43.0 Å². The van der Waals surface area contributed by atoms with Crippen LogP contribution >= 0.6 is 7.92 Å². The molecule has 0 bridgehead atoms. The second-order valence-electron chi connectivity index (χ2n) is 10.3. The molecule has 35 heavy (non-hydrogen) atoms. The van der Waals surface area contributed by atoms with Crippen LogP contribution in [0.2, 0.25) is 0 Å². The molecule has 4 aromatic carbocycles. The molecule has 4 aromatic rings. The SMILES string of the molecule is COCOc1c(P(c2ccccc2)c2cccc3c2Cc2ccccc2-3)cc(C)cc1C(C)(C)C. The Bertz CT molecular complexity index is 1350. The van der Waals surface area contributed by atoms with Gasteiger partial charge in [0.25, 0.3) is 0 Å². The van der Waals surface area contributed by atoms with Gasteiger partial charge in [0.05, 0.1) is 0 Å². The minimum atomic E-state index is -0.849. The van der Waals surface area contributed by atoms with E-state index in [9.17, 15) is 0 Å². The van der Waals surface area contributed by atoms with Crippen LogP contribution in [0.4, 0.5) is 0 Å². The van der Waals surface area contributed by atoms with Crippen LogP contribution in [0.25, 0.3) is 11.1 Å². The molecule has 3 heteroatoms. The predicted molar refractivity (Wildman–Crippen MR) is 149 cm³/mol. The molecular weight excluding hydrogens is 447 g/mol. The predicted octanol–water partition coefficient (Wildman–Crippen LogP) is 6.60. The van der Waals surface area contributed by atoms with E-state index in [0.717, 1.165) is 12.2 Å². The number of benzene rings is 4. The van der Waals surface area contributed by atoms with Crippen molar-refractivity contribution in [1.82, 2.24) is 0 Å². The summed E-state index contributed by atoms with van der Waals surface area (Å²) >= 11 is 0. The summed E-state index contributed by atoms with van der Waals surface area (Å²) in [6, 6.07) is 31.2. The zero-order chi connectivity index (χ0) is 24.6. The maximum absolute atomic E-state index is 6.40. The van der Waals surface area contributed by atoms with E-state index in [2.05, 4.69) is 113 Å². The molecule has 0 fully saturated rings. The molecule has 1 unspecified atom stereocenters. The van der Waals surface area contributed by atoms with Crippen LogP contribution in [-0.4, -0.2) is 13.9 Å². The molecule has 0 aliphatic heterocycles. The maximum atomic E-state index is 6.40. The van der Waals surface area contributed by atoms with Crippen molar-refractivity contribution in [3.63, 3.8) is 0 Å². The van der Waals surface area contributed by atoms with Gasteiger partial charge < -0.3 is 9.47 Å². The first-order valence-corrected chi connectivity index (χ1v) is 13.5. The summed E-state index contributed by atoms with van der Waals surface area (Å²) in [6.45, 7) is 9.20. The van der Waals surface area contributed by atoms with Crippen LogP contribution in [0, 0.1) is 6.92 Å². The van der Waals surface area contributed by atoms with Crippen molar-refractivity contribution in [2.75, 3.05) is 13.9 Å². The second kappa shape index (κ2) is 9.61. The number of ether oxygens (including phenoxy) is 2. The van der Waals surface area contributed by atoms with Gasteiger partial charge in [-0.15, -0.1) is 0 Å². The molecule has 0 saturated carbocycles. The molecule has 0 N–H and O–H groups in total. The molecular formula is C32H33O2P. The first-order chi connectivity index (χ1) is 16.9. The summed E-state index contributed by atoms with van der Waals surface area (Å²) in [5.74, 6) is 0.966. The number of hydrogen-bond acceptors (Lipinski definition) is 2. The smallest absolute Gasteiger partial charge is 0.188 e. The summed E-state index contributed by atoms with van der Waals surface area (Å²) in [6.07, 6.45) is 0.972. The molecule has 0 heterocycles. The minimum absolute atomic E-state index is 0.0591. The number of aryl methyl sites for hydroxylation is 1. The summed E-state index contributed by atoms with van der Waals surface area (Å²) in [7, 11) is 0.838. The number of rotatable bonds is 6. The zero-order valence-corrected chi connectivity index (χ0v) is 22.2. The summed E-state index contributed by atoms with van der Waals surface area (Å²) in [5, 5.41) is 4.00. The van der Waals surface area contributed by atoms with E-state index in [1.165, 1.54) is 49.3 Å². The molecule has 0 aromatic heterocycles. The van der Waals surface area contributed by atoms with E-state index in [0.29, 0.717) is 0 Å². The van der Waals surface area contributed by atoms with Crippen LogP contribution in [0.5, 0.6) is 5.75 Å². The normalized spacial score (nSPS) is 13.3. The van der Waals surface area contributed by atoms with Gasteiger partial charge in [0.1, 0.15) is 5.75 Å². The van der Waals surface area contributed by atoms with Gasteiger partial charge in [-0.3, -0.25) is 0 Å². The van der Waals surface area contributed by atoms with Crippen molar-refractivity contribution in [2.24, 2.45) is 0 Å². The Hall–Kier alpha value is -2.93. The van der Waals surface area contributed by atoms with Crippen molar-refractivity contribution in [3.8, 4) is 16.9 Å². The van der Waals surface area contributed by atoms with E-state index in [-0.39, 0.29) is 12.2 Å². The first kappa shape index (κ1) is 23.8. The highest BCUT2D eigenvalue weighted by Crippen LogP contribution is 2.45. The van der Waals surface area contributed by atoms with Crippen molar-refractivity contribution in [2.45, 2.75) is 39.5 Å². The van der Waals surface area contributed by atoms with Crippen LogP contribution in [-0.2, 0) is 16.6 Å². The third-order valence-corrected chi connectivity index (χ3v) is 9.19. The van der Waals surface area contributed by atoms with Crippen LogP contribution in [0.15, 0.2) is 84.9 Å². The Morgan fingerprint density at radius 2 is 1.51 bits per heavy atom. The van der Waals surface area contributed by atoms with Crippen molar-refractivity contribution in [1.29, 1.82) is 0 Å². The molecule has 178 valence electrons. The van der Waals surface area contributed by atoms with Crippen molar-refractivity contribution >= 4 is 23.8 Å². The average molecular weight is 481 g/mol. The molecule has 1 aliphatic rings. The molecule has 0 radical (unpaired) electrons. The lowest BCUT2D eigenvalue weighted by molar-refractivity contribution is 0.0506. The molecule has 0 spiro atoms. The second-order valence-corrected chi connectivity index (χ2v) is 12.4. The molecule has 0 saturated heterocycles. The van der Waals surface area contributed by atoms with Crippen molar-refractivity contribution in [3.05, 3.63) is 107 Å². The van der Waals surface area contributed by atoms with Gasteiger partial charge in [-0.1, -0.05) is 99.6 Å². The standard InChI is InChI=1S/C32H33O2P/c1-22-18-28(32(2,3)4)31(34-21-33-5)30(19-22)35(24-13-7-6-8-14-24)29-17-11-16-26-25-15-10-9-12-23(25)20-27(26)29/h6-19H,20-21H2,1-5H3. The number of fused-ring (bicyclic) bond motifs is 3. The molecule has 2 nitrogen and oxygen atoms in total.